The summed E-state index contributed by atoms with van der Waals surface area (Å²) in [5, 5.41) is 23.0. The molecule has 0 saturated carbocycles. The largest absolute Gasteiger partial charge is 0.495 e. The van der Waals surface area contributed by atoms with Gasteiger partial charge < -0.3 is 10.1 Å². The highest BCUT2D eigenvalue weighted by Crippen LogP contribution is 2.39. The van der Waals surface area contributed by atoms with Gasteiger partial charge in [-0.2, -0.15) is 15.5 Å². The number of nitrogens with one attached hydrogen (secondary N) is 1. The van der Waals surface area contributed by atoms with Crippen molar-refractivity contribution in [2.24, 2.45) is 7.05 Å². The number of benzene rings is 2. The summed E-state index contributed by atoms with van der Waals surface area (Å²) in [4.78, 5) is 0. The minimum Gasteiger partial charge on any atom is -0.495 e. The number of aromatic nitrogens is 4. The van der Waals surface area contributed by atoms with Crippen LogP contribution in [0.4, 0.5) is 5.69 Å². The van der Waals surface area contributed by atoms with Gasteiger partial charge in [0.05, 0.1) is 42.8 Å². The summed E-state index contributed by atoms with van der Waals surface area (Å²) in [6, 6.07) is 12.6. The van der Waals surface area contributed by atoms with Crippen LogP contribution in [0.5, 0.6) is 5.75 Å². The highest BCUT2D eigenvalue weighted by atomic mass is 16.5. The lowest BCUT2D eigenvalue weighted by Crippen LogP contribution is -2.18. The first kappa shape index (κ1) is 18.3. The average Bonchev–Trinajstić information content (AvgIpc) is 3.38. The third-order valence-electron chi connectivity index (χ3n) is 5.76. The van der Waals surface area contributed by atoms with Gasteiger partial charge in [-0.3, -0.25) is 4.68 Å². The smallest absolute Gasteiger partial charge is 0.140 e. The van der Waals surface area contributed by atoms with Gasteiger partial charge in [-0.05, 0) is 49.1 Å². The van der Waals surface area contributed by atoms with E-state index in [-0.39, 0.29) is 6.04 Å². The van der Waals surface area contributed by atoms with Gasteiger partial charge in [0.25, 0.3) is 0 Å². The van der Waals surface area contributed by atoms with Gasteiger partial charge in [-0.15, -0.1) is 0 Å². The normalized spacial score (nSPS) is 15.6. The summed E-state index contributed by atoms with van der Waals surface area (Å²) in [7, 11) is 3.54. The summed E-state index contributed by atoms with van der Waals surface area (Å²) in [5.74, 6) is 0.714. The molecule has 1 unspecified atom stereocenters. The van der Waals surface area contributed by atoms with Crippen LogP contribution in [0.2, 0.25) is 0 Å². The Hall–Kier alpha value is -3.79. The first-order valence-electron chi connectivity index (χ1n) is 10.0. The molecule has 0 radical (unpaired) electrons. The zero-order chi connectivity index (χ0) is 20.7. The van der Waals surface area contributed by atoms with E-state index in [9.17, 15) is 5.26 Å². The summed E-state index contributed by atoms with van der Waals surface area (Å²) >= 11 is 0. The standard InChI is InChI=1S/C23H22N6O/c1-28-14-18(13-25-28)29-22-10-17(8-6-16(22)12-26-29)27-21-5-3-4-20-19(21)9-7-15(11-24)23(20)30-2/h6-10,12-14,21,27H,3-5H2,1-2H3. The number of hydrogen-bond acceptors (Lipinski definition) is 5. The maximum Gasteiger partial charge on any atom is 0.140 e. The predicted molar refractivity (Wildman–Crippen MR) is 115 cm³/mol. The molecule has 2 heterocycles. The molecule has 1 aliphatic rings. The first-order valence-corrected chi connectivity index (χ1v) is 10.0. The molecular formula is C23H22N6O. The molecule has 7 heteroatoms. The van der Waals surface area contributed by atoms with E-state index in [4.69, 9.17) is 4.74 Å². The number of anilines is 1. The van der Waals surface area contributed by atoms with Crippen LogP contribution in [-0.4, -0.2) is 26.7 Å². The van der Waals surface area contributed by atoms with Gasteiger partial charge in [0.1, 0.15) is 17.5 Å². The molecule has 0 spiro atoms. The number of hydrogen-bond donors (Lipinski definition) is 1. The number of rotatable bonds is 4. The van der Waals surface area contributed by atoms with Crippen molar-refractivity contribution in [1.82, 2.24) is 19.6 Å². The molecule has 7 nitrogen and oxygen atoms in total. The van der Waals surface area contributed by atoms with Crippen LogP contribution in [-0.2, 0) is 13.5 Å². The van der Waals surface area contributed by atoms with E-state index in [1.54, 1.807) is 11.8 Å². The Kier molecular flexibility index (Phi) is 4.40. The molecule has 2 aromatic carbocycles. The molecular weight excluding hydrogens is 376 g/mol. The van der Waals surface area contributed by atoms with E-state index in [1.165, 1.54) is 5.56 Å². The highest BCUT2D eigenvalue weighted by Gasteiger charge is 2.25. The molecule has 0 amide bonds. The van der Waals surface area contributed by atoms with Crippen molar-refractivity contribution < 1.29 is 4.74 Å². The molecule has 4 aromatic rings. The van der Waals surface area contributed by atoms with Crippen LogP contribution in [0, 0.1) is 11.3 Å². The third-order valence-corrected chi connectivity index (χ3v) is 5.76. The Morgan fingerprint density at radius 2 is 2.10 bits per heavy atom. The van der Waals surface area contributed by atoms with Crippen LogP contribution in [0.1, 0.15) is 35.6 Å². The van der Waals surface area contributed by atoms with Crippen molar-refractivity contribution in [1.29, 1.82) is 5.26 Å². The minimum atomic E-state index is 0.169. The molecule has 0 saturated heterocycles. The van der Waals surface area contributed by atoms with Crippen molar-refractivity contribution in [3.63, 3.8) is 0 Å². The molecule has 2 aromatic heterocycles. The number of nitriles is 1. The van der Waals surface area contributed by atoms with E-state index in [0.29, 0.717) is 11.3 Å². The van der Waals surface area contributed by atoms with Gasteiger partial charge in [-0.25, -0.2) is 4.68 Å². The lowest BCUT2D eigenvalue weighted by molar-refractivity contribution is 0.403. The monoisotopic (exact) mass is 398 g/mol. The first-order chi connectivity index (χ1) is 14.7. The fourth-order valence-corrected chi connectivity index (χ4v) is 4.37. The second-order valence-electron chi connectivity index (χ2n) is 7.62. The lowest BCUT2D eigenvalue weighted by atomic mass is 9.85. The number of fused-ring (bicyclic) bond motifs is 2. The quantitative estimate of drug-likeness (QED) is 0.559. The van der Waals surface area contributed by atoms with Gasteiger partial charge in [-0.1, -0.05) is 6.07 Å². The Balaban J connectivity index is 1.51. The second-order valence-corrected chi connectivity index (χ2v) is 7.62. The minimum absolute atomic E-state index is 0.169. The highest BCUT2D eigenvalue weighted by molar-refractivity contribution is 5.83. The van der Waals surface area contributed by atoms with Crippen molar-refractivity contribution in [2.45, 2.75) is 25.3 Å². The zero-order valence-electron chi connectivity index (χ0n) is 17.0. The molecule has 30 heavy (non-hydrogen) atoms. The number of methoxy groups -OCH3 is 1. The summed E-state index contributed by atoms with van der Waals surface area (Å²) in [5.41, 5.74) is 5.94. The Labute approximate surface area is 174 Å². The van der Waals surface area contributed by atoms with Gasteiger partial charge >= 0.3 is 0 Å². The Bertz CT molecular complexity index is 1280. The molecule has 1 N–H and O–H groups in total. The van der Waals surface area contributed by atoms with Crippen LogP contribution in [0.25, 0.3) is 16.6 Å². The van der Waals surface area contributed by atoms with Gasteiger partial charge in [0.2, 0.25) is 0 Å². The van der Waals surface area contributed by atoms with E-state index >= 15 is 0 Å². The number of ether oxygens (including phenoxy) is 1. The van der Waals surface area contributed by atoms with Crippen molar-refractivity contribution in [3.05, 3.63) is 65.6 Å². The molecule has 1 aliphatic carbocycles. The molecule has 0 bridgehead atoms. The maximum absolute atomic E-state index is 9.39. The molecule has 0 fully saturated rings. The molecule has 5 rings (SSSR count). The van der Waals surface area contributed by atoms with Crippen LogP contribution in [0.3, 0.4) is 0 Å². The summed E-state index contributed by atoms with van der Waals surface area (Å²) < 4.78 is 9.26. The maximum atomic E-state index is 9.39. The molecule has 1 atom stereocenters. The van der Waals surface area contributed by atoms with E-state index in [1.807, 2.05) is 36.4 Å². The van der Waals surface area contributed by atoms with Gasteiger partial charge in [0, 0.05) is 23.7 Å². The second kappa shape index (κ2) is 7.23. The Morgan fingerprint density at radius 3 is 2.87 bits per heavy atom. The average molecular weight is 398 g/mol. The Morgan fingerprint density at radius 1 is 1.20 bits per heavy atom. The van der Waals surface area contributed by atoms with Crippen LogP contribution in [0.15, 0.2) is 48.9 Å². The third kappa shape index (κ3) is 2.98. The SMILES string of the molecule is COc1c(C#N)ccc2c1CCCC2Nc1ccc2cnn(-c3cnn(C)c3)c2c1. The zero-order valence-corrected chi connectivity index (χ0v) is 17.0. The predicted octanol–water partition coefficient (Wildman–Crippen LogP) is 4.13. The van der Waals surface area contributed by atoms with Gasteiger partial charge in [0.15, 0.2) is 0 Å². The summed E-state index contributed by atoms with van der Waals surface area (Å²) in [6.45, 7) is 0. The number of aryl methyl sites for hydroxylation is 1. The van der Waals surface area contributed by atoms with Crippen molar-refractivity contribution in [2.75, 3.05) is 12.4 Å². The van der Waals surface area contributed by atoms with E-state index in [0.717, 1.165) is 47.1 Å². The van der Waals surface area contributed by atoms with E-state index < -0.39 is 0 Å². The van der Waals surface area contributed by atoms with Crippen molar-refractivity contribution in [3.8, 4) is 17.5 Å². The van der Waals surface area contributed by atoms with Crippen LogP contribution < -0.4 is 10.1 Å². The van der Waals surface area contributed by atoms with Crippen molar-refractivity contribution >= 4 is 16.6 Å². The topological polar surface area (TPSA) is 80.7 Å². The number of nitrogens with zero attached hydrogens (tertiary/aromatic N) is 5. The molecule has 0 aliphatic heterocycles. The van der Waals surface area contributed by atoms with E-state index in [2.05, 4.69) is 45.8 Å². The lowest BCUT2D eigenvalue weighted by Gasteiger charge is -2.29. The van der Waals surface area contributed by atoms with Crippen LogP contribution >= 0.6 is 0 Å². The molecule has 150 valence electrons. The fraction of sp³-hybridized carbons (Fsp3) is 0.261. The summed E-state index contributed by atoms with van der Waals surface area (Å²) in [6.07, 6.45) is 8.63. The fourth-order valence-electron chi connectivity index (χ4n) is 4.37.